The van der Waals surface area contributed by atoms with Gasteiger partial charge in [-0.3, -0.25) is 0 Å². The molecule has 0 aliphatic heterocycles. The second-order valence-electron chi connectivity index (χ2n) is 1.68. The molecule has 0 amide bonds. The summed E-state index contributed by atoms with van der Waals surface area (Å²) in [5, 5.41) is 0. The Morgan fingerprint density at radius 3 is 2.75 bits per heavy atom. The fourth-order valence-corrected chi connectivity index (χ4v) is 0.710. The molecule has 0 unspecified atom stereocenters. The van der Waals surface area contributed by atoms with Crippen LogP contribution in [0, 0.1) is 6.08 Å². The third-order valence-corrected chi connectivity index (χ3v) is 1.18. The molecule has 1 rings (SSSR count). The Morgan fingerprint density at radius 2 is 2.50 bits per heavy atom. The van der Waals surface area contributed by atoms with Crippen molar-refractivity contribution in [2.24, 2.45) is 0 Å². The van der Waals surface area contributed by atoms with E-state index in [9.17, 15) is 0 Å². The Balaban J connectivity index is 0.000000490. The topological polar surface area (TPSA) is 9.23 Å². The maximum atomic E-state index is 4.99. The van der Waals surface area contributed by atoms with Gasteiger partial charge in [-0.15, -0.1) is 0 Å². The van der Waals surface area contributed by atoms with Crippen LogP contribution in [0.5, 0.6) is 0 Å². The van der Waals surface area contributed by atoms with Crippen LogP contribution in [0.1, 0.15) is 12.8 Å². The maximum Gasteiger partial charge on any atom is 1.00 e. The van der Waals surface area contributed by atoms with E-state index in [1.54, 1.807) is 7.11 Å². The van der Waals surface area contributed by atoms with Gasteiger partial charge in [-0.1, -0.05) is 6.42 Å². The number of ether oxygens (including phenoxy) is 1. The molecule has 0 spiro atoms. The van der Waals surface area contributed by atoms with Crippen molar-refractivity contribution >= 4 is 0 Å². The minimum Gasteiger partial charge on any atom is -0.498 e. The van der Waals surface area contributed by atoms with E-state index in [-0.39, 0.29) is 18.9 Å². The molecule has 0 aromatic heterocycles. The number of hydrogen-bond acceptors (Lipinski definition) is 1. The van der Waals surface area contributed by atoms with Crippen molar-refractivity contribution in [1.82, 2.24) is 0 Å². The first-order chi connectivity index (χ1) is 3.43. The average Bonchev–Trinajstić information content (AvgIpc) is 2.14. The summed E-state index contributed by atoms with van der Waals surface area (Å²) in [7, 11) is 1.73. The van der Waals surface area contributed by atoms with Crippen LogP contribution in [-0.2, 0) is 4.74 Å². The molecule has 2 heteroatoms. The van der Waals surface area contributed by atoms with Crippen LogP contribution in [0.3, 0.4) is 0 Å². The van der Waals surface area contributed by atoms with Gasteiger partial charge in [0.15, 0.2) is 0 Å². The first-order valence-corrected chi connectivity index (χ1v) is 2.53. The average molecular weight is 104 g/mol. The molecule has 0 aromatic rings. The Labute approximate surface area is 62.3 Å². The van der Waals surface area contributed by atoms with Crippen molar-refractivity contribution in [3.8, 4) is 0 Å². The van der Waals surface area contributed by atoms with Crippen LogP contribution in [-0.4, -0.2) is 13.2 Å². The number of rotatable bonds is 1. The molecule has 40 valence electrons. The Hall–Kier alpha value is 0.297. The fraction of sp³-hybridized carbons (Fsp3) is 0.667. The largest absolute Gasteiger partial charge is 1.00 e. The van der Waals surface area contributed by atoms with Gasteiger partial charge in [0.25, 0.3) is 0 Å². The van der Waals surface area contributed by atoms with Crippen molar-refractivity contribution in [2.45, 2.75) is 18.9 Å². The van der Waals surface area contributed by atoms with Crippen molar-refractivity contribution < 1.29 is 23.6 Å². The van der Waals surface area contributed by atoms with E-state index >= 15 is 0 Å². The first-order valence-electron chi connectivity index (χ1n) is 2.53. The molecule has 0 saturated carbocycles. The summed E-state index contributed by atoms with van der Waals surface area (Å²) >= 11 is 0. The van der Waals surface area contributed by atoms with Crippen molar-refractivity contribution in [2.75, 3.05) is 7.11 Å². The van der Waals surface area contributed by atoms with E-state index in [2.05, 4.69) is 6.08 Å². The minimum atomic E-state index is 0. The Morgan fingerprint density at radius 1 is 1.75 bits per heavy atom. The molecule has 0 N–H and O–H groups in total. The fourth-order valence-electron chi connectivity index (χ4n) is 0.710. The summed E-state index contributed by atoms with van der Waals surface area (Å²) in [6, 6.07) is 0. The minimum absolute atomic E-state index is 0. The van der Waals surface area contributed by atoms with E-state index in [1.165, 1.54) is 0 Å². The molecule has 0 bridgehead atoms. The smallest absolute Gasteiger partial charge is 0.498 e. The number of methoxy groups -OCH3 is 1. The Kier molecular flexibility index (Phi) is 4.36. The first kappa shape index (κ1) is 8.30. The van der Waals surface area contributed by atoms with Gasteiger partial charge in [0.05, 0.1) is 0 Å². The summed E-state index contributed by atoms with van der Waals surface area (Å²) in [6.07, 6.45) is 7.61. The van der Waals surface area contributed by atoms with Crippen molar-refractivity contribution in [1.29, 1.82) is 0 Å². The Bertz CT molecular complexity index is 80.6. The molecule has 1 atom stereocenters. The summed E-state index contributed by atoms with van der Waals surface area (Å²) in [6.45, 7) is 0. The molecule has 0 heterocycles. The van der Waals surface area contributed by atoms with Crippen LogP contribution in [0.25, 0.3) is 0 Å². The van der Waals surface area contributed by atoms with Gasteiger partial charge in [0.1, 0.15) is 0 Å². The SMILES string of the molecule is CO[C@H]1C=[C-]CC1.[Li+]. The summed E-state index contributed by atoms with van der Waals surface area (Å²) in [4.78, 5) is 0. The standard InChI is InChI=1S/C6H9O.Li/c1-7-6-4-2-3-5-6;/h5-6H,2,4H2,1H3;/q-1;+1/t6-;/m1./s1. The number of allylic oxidation sites excluding steroid dienone is 1. The van der Waals surface area contributed by atoms with Crippen LogP contribution < -0.4 is 18.9 Å². The van der Waals surface area contributed by atoms with E-state index in [0.29, 0.717) is 6.10 Å². The third kappa shape index (κ3) is 2.04. The monoisotopic (exact) mass is 104 g/mol. The van der Waals surface area contributed by atoms with E-state index in [0.717, 1.165) is 12.8 Å². The van der Waals surface area contributed by atoms with Crippen LogP contribution in [0.4, 0.5) is 0 Å². The van der Waals surface area contributed by atoms with Gasteiger partial charge >= 0.3 is 18.9 Å². The quantitative estimate of drug-likeness (QED) is 0.280. The van der Waals surface area contributed by atoms with E-state index < -0.39 is 0 Å². The third-order valence-electron chi connectivity index (χ3n) is 1.18. The van der Waals surface area contributed by atoms with Gasteiger partial charge in [0, 0.05) is 13.2 Å². The molecule has 1 aliphatic rings. The molecular formula is C6H9LiO. The molecule has 1 nitrogen and oxygen atoms in total. The molecule has 0 saturated heterocycles. The molecule has 0 radical (unpaired) electrons. The molecular weight excluding hydrogens is 95.0 g/mol. The van der Waals surface area contributed by atoms with Gasteiger partial charge in [-0.25, -0.2) is 6.08 Å². The molecule has 0 fully saturated rings. The normalized spacial score (nSPS) is 25.4. The summed E-state index contributed by atoms with van der Waals surface area (Å²) in [5.74, 6) is 0. The summed E-state index contributed by atoms with van der Waals surface area (Å²) < 4.78 is 4.99. The van der Waals surface area contributed by atoms with E-state index in [4.69, 9.17) is 4.74 Å². The maximum absolute atomic E-state index is 4.99. The van der Waals surface area contributed by atoms with Gasteiger partial charge in [0.2, 0.25) is 0 Å². The van der Waals surface area contributed by atoms with Crippen LogP contribution in [0.2, 0.25) is 0 Å². The molecule has 8 heavy (non-hydrogen) atoms. The predicted molar refractivity (Wildman–Crippen MR) is 27.8 cm³/mol. The zero-order chi connectivity index (χ0) is 5.11. The summed E-state index contributed by atoms with van der Waals surface area (Å²) in [5.41, 5.74) is 0. The van der Waals surface area contributed by atoms with Crippen molar-refractivity contribution in [3.05, 3.63) is 12.2 Å². The second-order valence-corrected chi connectivity index (χ2v) is 1.68. The van der Waals surface area contributed by atoms with Gasteiger partial charge in [-0.05, 0) is 0 Å². The number of hydrogen-bond donors (Lipinski definition) is 0. The zero-order valence-electron chi connectivity index (χ0n) is 5.48. The van der Waals surface area contributed by atoms with Crippen molar-refractivity contribution in [3.63, 3.8) is 0 Å². The van der Waals surface area contributed by atoms with E-state index in [1.807, 2.05) is 6.08 Å². The predicted octanol–water partition coefficient (Wildman–Crippen LogP) is -1.84. The van der Waals surface area contributed by atoms with Crippen LogP contribution >= 0.6 is 0 Å². The molecule has 0 aromatic carbocycles. The zero-order valence-corrected chi connectivity index (χ0v) is 5.48. The molecule has 1 aliphatic carbocycles. The van der Waals surface area contributed by atoms with Gasteiger partial charge < -0.3 is 10.8 Å². The van der Waals surface area contributed by atoms with Gasteiger partial charge in [-0.2, -0.15) is 6.42 Å². The van der Waals surface area contributed by atoms with Crippen LogP contribution in [0.15, 0.2) is 6.08 Å². The second kappa shape index (κ2) is 4.20.